The predicted molar refractivity (Wildman–Crippen MR) is 99.4 cm³/mol. The number of rotatable bonds is 4. The maximum absolute atomic E-state index is 12.4. The highest BCUT2D eigenvalue weighted by Crippen LogP contribution is 2.22. The lowest BCUT2D eigenvalue weighted by Crippen LogP contribution is -2.24. The molecule has 0 radical (unpaired) electrons. The molecule has 2 aromatic rings. The van der Waals surface area contributed by atoms with E-state index in [0.717, 1.165) is 28.6 Å². The summed E-state index contributed by atoms with van der Waals surface area (Å²) in [5.74, 6) is 0.291. The zero-order valence-corrected chi connectivity index (χ0v) is 15.3. The molecule has 24 heavy (non-hydrogen) atoms. The first-order chi connectivity index (χ1) is 11.6. The summed E-state index contributed by atoms with van der Waals surface area (Å²) in [4.78, 5) is 21.0. The maximum atomic E-state index is 12.4. The number of amides is 1. The van der Waals surface area contributed by atoms with Crippen LogP contribution >= 0.6 is 15.9 Å². The van der Waals surface area contributed by atoms with Gasteiger partial charge in [0.1, 0.15) is 5.69 Å². The number of hydrogen-bond acceptors (Lipinski definition) is 4. The van der Waals surface area contributed by atoms with Crippen molar-refractivity contribution in [2.45, 2.75) is 45.1 Å². The molecule has 1 amide bonds. The minimum atomic E-state index is -0.236. The number of aromatic nitrogens is 2. The van der Waals surface area contributed by atoms with Crippen LogP contribution in [0.4, 0.5) is 11.6 Å². The standard InChI is InChI=1S/C18H21BrN4O/c1-12-7-8-14(11-15(12)19)21-17(24)16-9-10-20-18(23-16)22-13-5-3-2-4-6-13/h7-11,13H,2-6H2,1H3,(H,21,24)(H,20,22,23). The summed E-state index contributed by atoms with van der Waals surface area (Å²) in [6.45, 7) is 2.00. The van der Waals surface area contributed by atoms with E-state index in [1.807, 2.05) is 25.1 Å². The van der Waals surface area contributed by atoms with E-state index in [-0.39, 0.29) is 5.91 Å². The summed E-state index contributed by atoms with van der Waals surface area (Å²) in [5.41, 5.74) is 2.21. The number of carbonyl (C=O) groups is 1. The fourth-order valence-electron chi connectivity index (χ4n) is 2.85. The van der Waals surface area contributed by atoms with Crippen LogP contribution in [0.3, 0.4) is 0 Å². The summed E-state index contributed by atoms with van der Waals surface area (Å²) in [6, 6.07) is 7.75. The van der Waals surface area contributed by atoms with Crippen LogP contribution in [0.2, 0.25) is 0 Å². The largest absolute Gasteiger partial charge is 0.351 e. The fourth-order valence-corrected chi connectivity index (χ4v) is 3.23. The van der Waals surface area contributed by atoms with Crippen molar-refractivity contribution < 1.29 is 4.79 Å². The van der Waals surface area contributed by atoms with Crippen molar-refractivity contribution in [3.05, 3.63) is 46.2 Å². The lowest BCUT2D eigenvalue weighted by Gasteiger charge is -2.22. The summed E-state index contributed by atoms with van der Waals surface area (Å²) < 4.78 is 0.961. The van der Waals surface area contributed by atoms with Gasteiger partial charge in [0.15, 0.2) is 0 Å². The minimum Gasteiger partial charge on any atom is -0.351 e. The van der Waals surface area contributed by atoms with Crippen LogP contribution in [0, 0.1) is 6.92 Å². The Morgan fingerprint density at radius 2 is 2.00 bits per heavy atom. The number of anilines is 2. The molecule has 1 heterocycles. The summed E-state index contributed by atoms with van der Waals surface area (Å²) in [5, 5.41) is 6.22. The zero-order chi connectivity index (χ0) is 16.9. The molecule has 6 heteroatoms. The molecule has 1 saturated carbocycles. The third-order valence-corrected chi connectivity index (χ3v) is 5.11. The zero-order valence-electron chi connectivity index (χ0n) is 13.7. The Balaban J connectivity index is 1.68. The van der Waals surface area contributed by atoms with E-state index >= 15 is 0 Å². The second-order valence-electron chi connectivity index (χ2n) is 6.16. The van der Waals surface area contributed by atoms with E-state index in [1.165, 1.54) is 19.3 Å². The SMILES string of the molecule is Cc1ccc(NC(=O)c2ccnc(NC3CCCCC3)n2)cc1Br. The number of nitrogens with one attached hydrogen (secondary N) is 2. The Bertz CT molecular complexity index is 729. The molecule has 1 aromatic heterocycles. The van der Waals surface area contributed by atoms with Crippen molar-refractivity contribution in [2.24, 2.45) is 0 Å². The average Bonchev–Trinajstić information content (AvgIpc) is 2.59. The van der Waals surface area contributed by atoms with E-state index in [9.17, 15) is 4.79 Å². The number of carbonyl (C=O) groups excluding carboxylic acids is 1. The topological polar surface area (TPSA) is 66.9 Å². The molecule has 0 saturated heterocycles. The molecular weight excluding hydrogens is 368 g/mol. The third-order valence-electron chi connectivity index (χ3n) is 4.26. The van der Waals surface area contributed by atoms with Crippen LogP contribution in [0.1, 0.15) is 48.2 Å². The normalized spacial score (nSPS) is 15.1. The number of benzene rings is 1. The number of nitrogens with zero attached hydrogens (tertiary/aromatic N) is 2. The number of aryl methyl sites for hydroxylation is 1. The first-order valence-corrected chi connectivity index (χ1v) is 9.08. The predicted octanol–water partition coefficient (Wildman–Crippen LogP) is 4.54. The van der Waals surface area contributed by atoms with Gasteiger partial charge in [-0.2, -0.15) is 0 Å². The highest BCUT2D eigenvalue weighted by molar-refractivity contribution is 9.10. The van der Waals surface area contributed by atoms with Crippen LogP contribution in [-0.2, 0) is 0 Å². The van der Waals surface area contributed by atoms with E-state index in [0.29, 0.717) is 17.7 Å². The molecule has 5 nitrogen and oxygen atoms in total. The Kier molecular flexibility index (Phi) is 5.45. The van der Waals surface area contributed by atoms with Gasteiger partial charge in [-0.05, 0) is 43.5 Å². The van der Waals surface area contributed by atoms with Crippen molar-refractivity contribution in [1.29, 1.82) is 0 Å². The van der Waals surface area contributed by atoms with Crippen molar-refractivity contribution >= 4 is 33.5 Å². The summed E-state index contributed by atoms with van der Waals surface area (Å²) >= 11 is 3.47. The molecule has 0 atom stereocenters. The van der Waals surface area contributed by atoms with Gasteiger partial charge in [-0.1, -0.05) is 41.3 Å². The van der Waals surface area contributed by atoms with Gasteiger partial charge in [-0.25, -0.2) is 9.97 Å². The molecule has 126 valence electrons. The van der Waals surface area contributed by atoms with Gasteiger partial charge in [0.2, 0.25) is 5.95 Å². The van der Waals surface area contributed by atoms with E-state index in [2.05, 4.69) is 36.5 Å². The first kappa shape index (κ1) is 16.9. The van der Waals surface area contributed by atoms with Crippen LogP contribution in [0.5, 0.6) is 0 Å². The lowest BCUT2D eigenvalue weighted by molar-refractivity contribution is 0.102. The Labute approximate surface area is 150 Å². The van der Waals surface area contributed by atoms with Crippen LogP contribution < -0.4 is 10.6 Å². The molecule has 0 unspecified atom stereocenters. The first-order valence-electron chi connectivity index (χ1n) is 8.29. The van der Waals surface area contributed by atoms with Crippen LogP contribution in [0.15, 0.2) is 34.9 Å². The minimum absolute atomic E-state index is 0.236. The van der Waals surface area contributed by atoms with E-state index < -0.39 is 0 Å². The molecule has 1 aliphatic rings. The van der Waals surface area contributed by atoms with Crippen molar-refractivity contribution in [3.8, 4) is 0 Å². The van der Waals surface area contributed by atoms with Crippen LogP contribution in [-0.4, -0.2) is 21.9 Å². The highest BCUT2D eigenvalue weighted by atomic mass is 79.9. The van der Waals surface area contributed by atoms with Crippen molar-refractivity contribution in [1.82, 2.24) is 9.97 Å². The van der Waals surface area contributed by atoms with Gasteiger partial charge in [0.05, 0.1) is 0 Å². The molecule has 1 aromatic carbocycles. The van der Waals surface area contributed by atoms with Gasteiger partial charge in [-0.3, -0.25) is 4.79 Å². The fraction of sp³-hybridized carbons (Fsp3) is 0.389. The quantitative estimate of drug-likeness (QED) is 0.806. The Hall–Kier alpha value is -1.95. The van der Waals surface area contributed by atoms with Crippen LogP contribution in [0.25, 0.3) is 0 Å². The Morgan fingerprint density at radius 3 is 2.75 bits per heavy atom. The van der Waals surface area contributed by atoms with E-state index in [4.69, 9.17) is 0 Å². The third kappa shape index (κ3) is 4.32. The second kappa shape index (κ2) is 7.75. The molecular formula is C18H21BrN4O. The summed E-state index contributed by atoms with van der Waals surface area (Å²) in [6.07, 6.45) is 7.67. The van der Waals surface area contributed by atoms with Gasteiger partial charge in [0.25, 0.3) is 5.91 Å². The van der Waals surface area contributed by atoms with Gasteiger partial charge in [0, 0.05) is 22.4 Å². The van der Waals surface area contributed by atoms with Gasteiger partial charge in [-0.15, -0.1) is 0 Å². The number of halogens is 1. The molecule has 1 aliphatic carbocycles. The average molecular weight is 389 g/mol. The van der Waals surface area contributed by atoms with E-state index in [1.54, 1.807) is 12.3 Å². The van der Waals surface area contributed by atoms with Gasteiger partial charge < -0.3 is 10.6 Å². The molecule has 0 bridgehead atoms. The van der Waals surface area contributed by atoms with Gasteiger partial charge >= 0.3 is 0 Å². The monoisotopic (exact) mass is 388 g/mol. The smallest absolute Gasteiger partial charge is 0.274 e. The Morgan fingerprint density at radius 1 is 1.21 bits per heavy atom. The van der Waals surface area contributed by atoms with Crippen molar-refractivity contribution in [2.75, 3.05) is 10.6 Å². The number of hydrogen-bond donors (Lipinski definition) is 2. The molecule has 3 rings (SSSR count). The highest BCUT2D eigenvalue weighted by Gasteiger charge is 2.15. The summed E-state index contributed by atoms with van der Waals surface area (Å²) in [7, 11) is 0. The second-order valence-corrected chi connectivity index (χ2v) is 7.02. The molecule has 0 aliphatic heterocycles. The molecule has 1 fully saturated rings. The van der Waals surface area contributed by atoms with Crippen molar-refractivity contribution in [3.63, 3.8) is 0 Å². The molecule has 2 N–H and O–H groups in total. The molecule has 0 spiro atoms. The lowest BCUT2D eigenvalue weighted by atomic mass is 9.96. The maximum Gasteiger partial charge on any atom is 0.274 e.